The molecule has 0 saturated heterocycles. The summed E-state index contributed by atoms with van der Waals surface area (Å²) in [6.45, 7) is 4.01. The predicted octanol–water partition coefficient (Wildman–Crippen LogP) is 3.90. The molecule has 3 aromatic rings. The molecule has 0 saturated carbocycles. The second-order valence-electron chi connectivity index (χ2n) is 5.74. The van der Waals surface area contributed by atoms with Crippen LogP contribution < -0.4 is 10.6 Å². The molecule has 0 unspecified atom stereocenters. The summed E-state index contributed by atoms with van der Waals surface area (Å²) in [5.74, 6) is 0.893. The summed E-state index contributed by atoms with van der Waals surface area (Å²) in [6, 6.07) is 8.47. The molecule has 10 heteroatoms. The Morgan fingerprint density at radius 1 is 1.25 bits per heavy atom. The van der Waals surface area contributed by atoms with Crippen molar-refractivity contribution in [3.63, 3.8) is 0 Å². The molecule has 2 N–H and O–H groups in total. The Balaban J connectivity index is 1.66. The van der Waals surface area contributed by atoms with E-state index in [1.807, 2.05) is 11.5 Å². The Labute approximate surface area is 170 Å². The zero-order chi connectivity index (χ0) is 20.1. The van der Waals surface area contributed by atoms with Gasteiger partial charge < -0.3 is 15.1 Å². The van der Waals surface area contributed by atoms with Gasteiger partial charge in [0, 0.05) is 19.2 Å². The Morgan fingerprint density at radius 3 is 2.75 bits per heavy atom. The quantitative estimate of drug-likeness (QED) is 0.563. The minimum absolute atomic E-state index is 0.122. The normalized spacial score (nSPS) is 10.7. The smallest absolute Gasteiger partial charge is 0.234 e. The lowest BCUT2D eigenvalue weighted by Gasteiger charge is -2.10. The van der Waals surface area contributed by atoms with Gasteiger partial charge in [0.15, 0.2) is 16.7 Å². The van der Waals surface area contributed by atoms with Crippen LogP contribution in [-0.2, 0) is 16.1 Å². The standard InChI is InChI=1S/C18H18ClN5O3S/c1-3-24-17(15-5-4-8-27-15)22-23-18(24)28-10-16(26)21-14-9-12(20-11(2)25)6-7-13(14)19/h4-9H,3,10H2,1-2H3,(H,20,25)(H,21,26). The van der Waals surface area contributed by atoms with E-state index < -0.39 is 0 Å². The molecular formula is C18H18ClN5O3S. The molecule has 1 aromatic carbocycles. The first kappa shape index (κ1) is 20.0. The van der Waals surface area contributed by atoms with E-state index >= 15 is 0 Å². The molecule has 0 spiro atoms. The van der Waals surface area contributed by atoms with Crippen LogP contribution in [0.3, 0.4) is 0 Å². The fourth-order valence-corrected chi connectivity index (χ4v) is 3.45. The van der Waals surface area contributed by atoms with E-state index in [0.717, 1.165) is 0 Å². The largest absolute Gasteiger partial charge is 0.461 e. The van der Waals surface area contributed by atoms with Gasteiger partial charge in [0.05, 0.1) is 22.7 Å². The number of thioether (sulfide) groups is 1. The molecule has 0 aliphatic rings. The maximum atomic E-state index is 12.4. The fraction of sp³-hybridized carbons (Fsp3) is 0.222. The van der Waals surface area contributed by atoms with Crippen molar-refractivity contribution in [1.82, 2.24) is 14.8 Å². The van der Waals surface area contributed by atoms with Crippen LogP contribution in [0.15, 0.2) is 46.2 Å². The second kappa shape index (κ2) is 8.94. The summed E-state index contributed by atoms with van der Waals surface area (Å²) in [5.41, 5.74) is 0.973. The first-order chi connectivity index (χ1) is 13.5. The van der Waals surface area contributed by atoms with Crippen LogP contribution in [0.1, 0.15) is 13.8 Å². The summed E-state index contributed by atoms with van der Waals surface area (Å²) in [4.78, 5) is 23.5. The van der Waals surface area contributed by atoms with Crippen LogP contribution in [0.5, 0.6) is 0 Å². The first-order valence-corrected chi connectivity index (χ1v) is 9.81. The van der Waals surface area contributed by atoms with Crippen LogP contribution >= 0.6 is 23.4 Å². The number of hydrogen-bond donors (Lipinski definition) is 2. The van der Waals surface area contributed by atoms with Crippen LogP contribution in [0.25, 0.3) is 11.6 Å². The Kier molecular flexibility index (Phi) is 6.37. The van der Waals surface area contributed by atoms with E-state index in [-0.39, 0.29) is 17.6 Å². The van der Waals surface area contributed by atoms with Gasteiger partial charge in [-0.05, 0) is 37.3 Å². The third-order valence-corrected chi connectivity index (χ3v) is 4.96. The molecule has 2 amide bonds. The number of carbonyl (C=O) groups is 2. The minimum atomic E-state index is -0.253. The van der Waals surface area contributed by atoms with E-state index in [2.05, 4.69) is 20.8 Å². The molecule has 3 rings (SSSR count). The van der Waals surface area contributed by atoms with Gasteiger partial charge in [0.2, 0.25) is 11.8 Å². The topological polar surface area (TPSA) is 102 Å². The molecule has 0 aliphatic carbocycles. The highest BCUT2D eigenvalue weighted by molar-refractivity contribution is 7.99. The fourth-order valence-electron chi connectivity index (χ4n) is 2.49. The van der Waals surface area contributed by atoms with Crippen LogP contribution in [0.2, 0.25) is 5.02 Å². The van der Waals surface area contributed by atoms with Crippen molar-refractivity contribution in [1.29, 1.82) is 0 Å². The van der Waals surface area contributed by atoms with Gasteiger partial charge >= 0.3 is 0 Å². The number of anilines is 2. The molecule has 2 aromatic heterocycles. The second-order valence-corrected chi connectivity index (χ2v) is 7.09. The Hall–Kier alpha value is -2.78. The number of aromatic nitrogens is 3. The monoisotopic (exact) mass is 419 g/mol. The number of nitrogens with zero attached hydrogens (tertiary/aromatic N) is 3. The predicted molar refractivity (Wildman–Crippen MR) is 109 cm³/mol. The lowest BCUT2D eigenvalue weighted by atomic mass is 10.2. The number of furan rings is 1. The summed E-state index contributed by atoms with van der Waals surface area (Å²) in [5, 5.41) is 14.7. The van der Waals surface area contributed by atoms with Crippen LogP contribution in [0, 0.1) is 0 Å². The summed E-state index contributed by atoms with van der Waals surface area (Å²) >= 11 is 7.39. The average Bonchev–Trinajstić information content (AvgIpc) is 3.31. The molecule has 0 fully saturated rings. The van der Waals surface area contributed by atoms with Crippen molar-refractivity contribution < 1.29 is 14.0 Å². The van der Waals surface area contributed by atoms with Crippen LogP contribution in [-0.4, -0.2) is 32.3 Å². The lowest BCUT2D eigenvalue weighted by molar-refractivity contribution is -0.114. The third-order valence-electron chi connectivity index (χ3n) is 3.67. The molecule has 0 aliphatic heterocycles. The summed E-state index contributed by atoms with van der Waals surface area (Å²) in [6.07, 6.45) is 1.57. The molecule has 0 atom stereocenters. The van der Waals surface area contributed by atoms with E-state index in [4.69, 9.17) is 16.0 Å². The zero-order valence-electron chi connectivity index (χ0n) is 15.2. The maximum Gasteiger partial charge on any atom is 0.234 e. The summed E-state index contributed by atoms with van der Waals surface area (Å²) in [7, 11) is 0. The highest BCUT2D eigenvalue weighted by atomic mass is 35.5. The molecule has 0 radical (unpaired) electrons. The number of carbonyl (C=O) groups excluding carboxylic acids is 2. The van der Waals surface area contributed by atoms with Crippen molar-refractivity contribution in [2.75, 3.05) is 16.4 Å². The van der Waals surface area contributed by atoms with Gasteiger partial charge in [0.25, 0.3) is 0 Å². The number of rotatable bonds is 7. The van der Waals surface area contributed by atoms with Crippen molar-refractivity contribution in [3.8, 4) is 11.6 Å². The van der Waals surface area contributed by atoms with E-state index in [0.29, 0.717) is 39.7 Å². The molecule has 28 heavy (non-hydrogen) atoms. The maximum absolute atomic E-state index is 12.4. The first-order valence-electron chi connectivity index (χ1n) is 8.44. The highest BCUT2D eigenvalue weighted by Gasteiger charge is 2.16. The number of benzene rings is 1. The van der Waals surface area contributed by atoms with Crippen molar-refractivity contribution in [2.45, 2.75) is 25.5 Å². The van der Waals surface area contributed by atoms with Gasteiger partial charge in [-0.3, -0.25) is 14.2 Å². The van der Waals surface area contributed by atoms with Crippen molar-refractivity contribution >= 4 is 46.6 Å². The Bertz CT molecular complexity index is 987. The van der Waals surface area contributed by atoms with Gasteiger partial charge in [-0.1, -0.05) is 23.4 Å². The molecule has 146 valence electrons. The van der Waals surface area contributed by atoms with Crippen LogP contribution in [0.4, 0.5) is 11.4 Å². The minimum Gasteiger partial charge on any atom is -0.461 e. The lowest BCUT2D eigenvalue weighted by Crippen LogP contribution is -2.15. The average molecular weight is 420 g/mol. The third kappa shape index (κ3) is 4.73. The number of amides is 2. The molecule has 0 bridgehead atoms. The van der Waals surface area contributed by atoms with E-state index in [1.54, 1.807) is 36.6 Å². The molecule has 2 heterocycles. The van der Waals surface area contributed by atoms with Gasteiger partial charge in [-0.25, -0.2) is 0 Å². The Morgan fingerprint density at radius 2 is 2.07 bits per heavy atom. The van der Waals surface area contributed by atoms with Crippen molar-refractivity contribution in [2.24, 2.45) is 0 Å². The summed E-state index contributed by atoms with van der Waals surface area (Å²) < 4.78 is 7.25. The van der Waals surface area contributed by atoms with E-state index in [1.165, 1.54) is 18.7 Å². The van der Waals surface area contributed by atoms with Gasteiger partial charge in [-0.2, -0.15) is 0 Å². The van der Waals surface area contributed by atoms with Gasteiger partial charge in [0.1, 0.15) is 0 Å². The number of halogens is 1. The van der Waals surface area contributed by atoms with Crippen molar-refractivity contribution in [3.05, 3.63) is 41.6 Å². The SMILES string of the molecule is CCn1c(SCC(=O)Nc2cc(NC(C)=O)ccc2Cl)nnc1-c1ccco1. The highest BCUT2D eigenvalue weighted by Crippen LogP contribution is 2.27. The van der Waals surface area contributed by atoms with E-state index in [9.17, 15) is 9.59 Å². The molecular weight excluding hydrogens is 402 g/mol. The number of nitrogens with one attached hydrogen (secondary N) is 2. The van der Waals surface area contributed by atoms with Gasteiger partial charge in [-0.15, -0.1) is 10.2 Å². The molecule has 8 nitrogen and oxygen atoms in total. The zero-order valence-corrected chi connectivity index (χ0v) is 16.8. The number of hydrogen-bond acceptors (Lipinski definition) is 6.